The van der Waals surface area contributed by atoms with Gasteiger partial charge in [-0.05, 0) is 44.0 Å². The zero-order valence-corrected chi connectivity index (χ0v) is 24.3. The van der Waals surface area contributed by atoms with Crippen molar-refractivity contribution in [1.82, 2.24) is 14.0 Å². The molecule has 1 fully saturated rings. The summed E-state index contributed by atoms with van der Waals surface area (Å²) in [7, 11) is 0. The molecule has 2 N–H and O–H groups in total. The summed E-state index contributed by atoms with van der Waals surface area (Å²) in [5.41, 5.74) is 10.3. The van der Waals surface area contributed by atoms with Crippen molar-refractivity contribution in [3.05, 3.63) is 133 Å². The minimum Gasteiger partial charge on any atom is -0.363 e. The highest BCUT2D eigenvalue weighted by Crippen LogP contribution is 2.21. The number of nitrogens with two attached hydrogens (primary N) is 1. The van der Waals surface area contributed by atoms with Gasteiger partial charge in [-0.3, -0.25) is 18.8 Å². The van der Waals surface area contributed by atoms with Crippen LogP contribution in [0.15, 0.2) is 76.3 Å². The number of aryl methyl sites for hydroxylation is 2. The van der Waals surface area contributed by atoms with Gasteiger partial charge in [-0.1, -0.05) is 65.7 Å². The fourth-order valence-corrected chi connectivity index (χ4v) is 5.89. The summed E-state index contributed by atoms with van der Waals surface area (Å²) in [4.78, 5) is 32.0. The lowest BCUT2D eigenvalue weighted by molar-refractivity contribution is 0.249. The van der Waals surface area contributed by atoms with Crippen LogP contribution >= 0.6 is 0 Å². The quantitative estimate of drug-likeness (QED) is 0.341. The Labute approximate surface area is 244 Å². The first-order valence-electron chi connectivity index (χ1n) is 14.2. The topological polar surface area (TPSA) is 76.5 Å². The summed E-state index contributed by atoms with van der Waals surface area (Å²) in [5.74, 6) is -1.50. The molecular weight excluding hydrogens is 536 g/mol. The average Bonchev–Trinajstić information content (AvgIpc) is 2.95. The second-order valence-corrected chi connectivity index (χ2v) is 11.2. The molecule has 0 bridgehead atoms. The van der Waals surface area contributed by atoms with Gasteiger partial charge >= 0.3 is 5.69 Å². The van der Waals surface area contributed by atoms with E-state index in [1.54, 1.807) is 6.92 Å². The third-order valence-electron chi connectivity index (χ3n) is 8.02. The molecule has 220 valence electrons. The Hall–Kier alpha value is -4.08. The van der Waals surface area contributed by atoms with Crippen LogP contribution in [-0.4, -0.2) is 40.2 Å². The van der Waals surface area contributed by atoms with Crippen LogP contribution in [0.25, 0.3) is 0 Å². The fourth-order valence-electron chi connectivity index (χ4n) is 5.89. The van der Waals surface area contributed by atoms with Gasteiger partial charge in [0.25, 0.3) is 5.56 Å². The Kier molecular flexibility index (Phi) is 8.70. The predicted molar refractivity (Wildman–Crippen MR) is 162 cm³/mol. The maximum atomic E-state index is 14.7. The summed E-state index contributed by atoms with van der Waals surface area (Å²) < 4.78 is 31.8. The summed E-state index contributed by atoms with van der Waals surface area (Å²) in [5, 5.41) is 0. The van der Waals surface area contributed by atoms with Crippen molar-refractivity contribution >= 4 is 5.69 Å². The SMILES string of the molecule is Cc1cc(C)cc(CN2CCN(c3c(C)n(Cc4c(F)cccc4F)c(=O)n(CC(N)c4ccccc4)c3=O)CC2)c1. The number of rotatable bonds is 8. The third-order valence-corrected chi connectivity index (χ3v) is 8.02. The van der Waals surface area contributed by atoms with E-state index in [1.807, 2.05) is 35.2 Å². The smallest absolute Gasteiger partial charge is 0.331 e. The Morgan fingerprint density at radius 2 is 1.40 bits per heavy atom. The van der Waals surface area contributed by atoms with Gasteiger partial charge in [-0.25, -0.2) is 13.6 Å². The molecule has 9 heteroatoms. The molecule has 0 aliphatic carbocycles. The lowest BCUT2D eigenvalue weighted by atomic mass is 10.1. The van der Waals surface area contributed by atoms with E-state index in [-0.39, 0.29) is 18.7 Å². The number of anilines is 1. The molecule has 0 amide bonds. The van der Waals surface area contributed by atoms with Gasteiger partial charge in [-0.15, -0.1) is 0 Å². The Balaban J connectivity index is 1.49. The van der Waals surface area contributed by atoms with Crippen molar-refractivity contribution in [2.45, 2.75) is 46.4 Å². The zero-order chi connectivity index (χ0) is 30.0. The Bertz CT molecular complexity index is 1650. The molecule has 1 aliphatic rings. The van der Waals surface area contributed by atoms with E-state index >= 15 is 0 Å². The molecule has 42 heavy (non-hydrogen) atoms. The summed E-state index contributed by atoms with van der Waals surface area (Å²) in [6, 6.07) is 18.7. The Morgan fingerprint density at radius 3 is 2.02 bits per heavy atom. The van der Waals surface area contributed by atoms with Crippen LogP contribution in [0.3, 0.4) is 0 Å². The van der Waals surface area contributed by atoms with Gasteiger partial charge in [0.2, 0.25) is 0 Å². The molecule has 0 radical (unpaired) electrons. The van der Waals surface area contributed by atoms with E-state index in [1.165, 1.54) is 27.3 Å². The first-order valence-corrected chi connectivity index (χ1v) is 14.2. The zero-order valence-electron chi connectivity index (χ0n) is 24.3. The number of hydrogen-bond acceptors (Lipinski definition) is 5. The molecule has 0 spiro atoms. The molecule has 1 aromatic heterocycles. The van der Waals surface area contributed by atoms with Crippen molar-refractivity contribution in [2.75, 3.05) is 31.1 Å². The highest BCUT2D eigenvalue weighted by Gasteiger charge is 2.26. The largest absolute Gasteiger partial charge is 0.363 e. The van der Waals surface area contributed by atoms with Crippen LogP contribution in [0.4, 0.5) is 14.5 Å². The lowest BCUT2D eigenvalue weighted by Crippen LogP contribution is -2.51. The lowest BCUT2D eigenvalue weighted by Gasteiger charge is -2.37. The minimum absolute atomic E-state index is 0.0681. The van der Waals surface area contributed by atoms with Crippen molar-refractivity contribution in [1.29, 1.82) is 0 Å². The first-order chi connectivity index (χ1) is 20.1. The van der Waals surface area contributed by atoms with Crippen molar-refractivity contribution in [3.63, 3.8) is 0 Å². The van der Waals surface area contributed by atoms with E-state index in [0.717, 1.165) is 41.9 Å². The number of hydrogen-bond donors (Lipinski definition) is 1. The van der Waals surface area contributed by atoms with Crippen molar-refractivity contribution in [2.24, 2.45) is 5.73 Å². The molecule has 1 aliphatic heterocycles. The minimum atomic E-state index is -0.749. The standard InChI is InChI=1S/C33H37F2N5O2/c1-22-16-23(2)18-25(17-22)19-37-12-14-38(15-13-37)31-24(3)39(20-27-28(34)10-7-11-29(27)35)33(42)40(32(31)41)21-30(36)26-8-5-4-6-9-26/h4-11,16-18,30H,12-15,19-21,36H2,1-3H3. The fraction of sp³-hybridized carbons (Fsp3) is 0.333. The normalized spacial score (nSPS) is 14.8. The molecule has 5 rings (SSSR count). The van der Waals surface area contributed by atoms with Crippen LogP contribution < -0.4 is 21.9 Å². The predicted octanol–water partition coefficient (Wildman–Crippen LogP) is 4.28. The van der Waals surface area contributed by atoms with Crippen LogP contribution in [0, 0.1) is 32.4 Å². The molecule has 7 nitrogen and oxygen atoms in total. The van der Waals surface area contributed by atoms with Crippen LogP contribution in [0.1, 0.15) is 39.6 Å². The summed E-state index contributed by atoms with van der Waals surface area (Å²) in [6.07, 6.45) is 0. The molecule has 3 aromatic carbocycles. The second kappa shape index (κ2) is 12.4. The number of piperazine rings is 1. The number of nitrogens with zero attached hydrogens (tertiary/aromatic N) is 4. The van der Waals surface area contributed by atoms with Gasteiger partial charge in [0.05, 0.1) is 13.1 Å². The maximum Gasteiger partial charge on any atom is 0.331 e. The Morgan fingerprint density at radius 1 is 0.786 bits per heavy atom. The van der Waals surface area contributed by atoms with Crippen LogP contribution in [0.2, 0.25) is 0 Å². The number of aromatic nitrogens is 2. The molecule has 2 heterocycles. The average molecular weight is 574 g/mol. The molecule has 1 saturated heterocycles. The van der Waals surface area contributed by atoms with Gasteiger partial charge in [-0.2, -0.15) is 0 Å². The van der Waals surface area contributed by atoms with E-state index in [2.05, 4.69) is 36.9 Å². The highest BCUT2D eigenvalue weighted by atomic mass is 19.1. The van der Waals surface area contributed by atoms with Gasteiger partial charge in [0.1, 0.15) is 17.3 Å². The third kappa shape index (κ3) is 6.22. The van der Waals surface area contributed by atoms with Gasteiger partial charge in [0, 0.05) is 50.0 Å². The van der Waals surface area contributed by atoms with E-state index in [4.69, 9.17) is 5.73 Å². The molecule has 1 atom stereocenters. The maximum absolute atomic E-state index is 14.7. The monoisotopic (exact) mass is 573 g/mol. The number of benzene rings is 3. The molecule has 1 unspecified atom stereocenters. The van der Waals surface area contributed by atoms with Crippen molar-refractivity contribution in [3.8, 4) is 0 Å². The highest BCUT2D eigenvalue weighted by molar-refractivity contribution is 5.50. The molecular formula is C33H37F2N5O2. The molecule has 0 saturated carbocycles. The van der Waals surface area contributed by atoms with Crippen LogP contribution in [-0.2, 0) is 19.6 Å². The van der Waals surface area contributed by atoms with Gasteiger partial charge in [0.15, 0.2) is 0 Å². The van der Waals surface area contributed by atoms with Crippen LogP contribution in [0.5, 0.6) is 0 Å². The molecule has 4 aromatic rings. The second-order valence-electron chi connectivity index (χ2n) is 11.2. The summed E-state index contributed by atoms with van der Waals surface area (Å²) in [6.45, 7) is 8.81. The first kappa shape index (κ1) is 29.4. The van der Waals surface area contributed by atoms with E-state index in [0.29, 0.717) is 24.5 Å². The number of halogens is 2. The van der Waals surface area contributed by atoms with Crippen molar-refractivity contribution < 1.29 is 8.78 Å². The van der Waals surface area contributed by atoms with Gasteiger partial charge < -0.3 is 10.6 Å². The summed E-state index contributed by atoms with van der Waals surface area (Å²) >= 11 is 0. The van der Waals surface area contributed by atoms with E-state index < -0.39 is 28.9 Å². The van der Waals surface area contributed by atoms with E-state index in [9.17, 15) is 18.4 Å².